The van der Waals surface area contributed by atoms with E-state index < -0.39 is 6.09 Å². The van der Waals surface area contributed by atoms with Crippen molar-refractivity contribution in [1.82, 2.24) is 25.0 Å². The second-order valence-corrected chi connectivity index (χ2v) is 6.95. The number of nitrogens with one attached hydrogen (secondary N) is 1. The van der Waals surface area contributed by atoms with Crippen LogP contribution < -0.4 is 11.1 Å². The molecule has 0 bridgehead atoms. The van der Waals surface area contributed by atoms with Gasteiger partial charge in [-0.15, -0.1) is 5.10 Å². The van der Waals surface area contributed by atoms with Gasteiger partial charge in [0.1, 0.15) is 11.3 Å². The van der Waals surface area contributed by atoms with Crippen LogP contribution in [0.1, 0.15) is 31.4 Å². The van der Waals surface area contributed by atoms with Gasteiger partial charge in [-0.1, -0.05) is 18.1 Å². The Morgan fingerprint density at radius 2 is 2.07 bits per heavy atom. The highest BCUT2D eigenvalue weighted by Gasteiger charge is 2.17. The lowest BCUT2D eigenvalue weighted by Crippen LogP contribution is -2.16. The second-order valence-electron chi connectivity index (χ2n) is 6.95. The Labute approximate surface area is 165 Å². The van der Waals surface area contributed by atoms with Gasteiger partial charge in [-0.2, -0.15) is 9.67 Å². The van der Waals surface area contributed by atoms with Gasteiger partial charge in [0.15, 0.2) is 11.2 Å². The molecule has 10 nitrogen and oxygen atoms in total. The topological polar surface area (TPSA) is 145 Å². The van der Waals surface area contributed by atoms with Crippen LogP contribution in [-0.4, -0.2) is 42.2 Å². The van der Waals surface area contributed by atoms with Crippen molar-refractivity contribution in [2.75, 3.05) is 5.32 Å². The summed E-state index contributed by atoms with van der Waals surface area (Å²) < 4.78 is 7.39. The van der Waals surface area contributed by atoms with E-state index in [1.54, 1.807) is 10.9 Å². The maximum atomic E-state index is 8.78. The highest BCUT2D eigenvalue weighted by molar-refractivity contribution is 5.81. The van der Waals surface area contributed by atoms with Crippen molar-refractivity contribution in [1.29, 1.82) is 0 Å². The number of hydrogen-bond acceptors (Lipinski definition) is 7. The van der Waals surface area contributed by atoms with Crippen molar-refractivity contribution in [3.8, 4) is 5.69 Å². The minimum absolute atomic E-state index is 0.465. The predicted molar refractivity (Wildman–Crippen MR) is 107 cm³/mol. The van der Waals surface area contributed by atoms with Crippen molar-refractivity contribution in [3.63, 3.8) is 0 Å². The number of nitrogens with two attached hydrogens (primary N) is 1. The molecule has 0 spiro atoms. The van der Waals surface area contributed by atoms with Gasteiger partial charge in [-0.3, -0.25) is 0 Å². The second kappa shape index (κ2) is 7.74. The van der Waals surface area contributed by atoms with Crippen molar-refractivity contribution in [2.45, 2.75) is 38.6 Å². The number of amides is 1. The average Bonchev–Trinajstić information content (AvgIpc) is 3.39. The number of furan rings is 1. The summed E-state index contributed by atoms with van der Waals surface area (Å²) in [5, 5.41) is 20.1. The van der Waals surface area contributed by atoms with Gasteiger partial charge in [0, 0.05) is 11.4 Å². The first-order valence-corrected chi connectivity index (χ1v) is 9.33. The van der Waals surface area contributed by atoms with E-state index >= 15 is 0 Å². The molecule has 1 amide bonds. The van der Waals surface area contributed by atoms with Crippen LogP contribution in [0.3, 0.4) is 0 Å². The Kier molecular flexibility index (Phi) is 4.98. The third-order valence-corrected chi connectivity index (χ3v) is 4.75. The molecule has 0 saturated heterocycles. The molecule has 0 radical (unpaired) electrons. The lowest BCUT2D eigenvalue weighted by Gasteiger charge is -2.11. The quantitative estimate of drug-likeness (QED) is 0.479. The molecule has 1 aliphatic rings. The molecule has 3 heterocycles. The summed E-state index contributed by atoms with van der Waals surface area (Å²) in [6.45, 7) is 1.94. The molecule has 4 aromatic rings. The molecule has 1 aliphatic carbocycles. The van der Waals surface area contributed by atoms with E-state index in [9.17, 15) is 0 Å². The molecule has 10 heteroatoms. The van der Waals surface area contributed by atoms with Crippen LogP contribution in [0.4, 0.5) is 10.7 Å². The number of carboxylic acid groups (broad SMARTS) is 1. The first kappa shape index (κ1) is 18.7. The Hall–Kier alpha value is -3.69. The Bertz CT molecular complexity index is 1160. The number of hydrogen-bond donors (Lipinski definition) is 3. The first-order valence-electron chi connectivity index (χ1n) is 9.33. The van der Waals surface area contributed by atoms with Crippen LogP contribution in [0.5, 0.6) is 0 Å². The first-order chi connectivity index (χ1) is 14.0. The molecule has 0 unspecified atom stereocenters. The molecule has 5 rings (SSSR count). The number of benzene rings is 1. The van der Waals surface area contributed by atoms with Crippen LogP contribution >= 0.6 is 0 Å². The fraction of sp³-hybridized carbons (Fsp3) is 0.316. The molecule has 0 atom stereocenters. The van der Waals surface area contributed by atoms with Crippen molar-refractivity contribution >= 4 is 34.2 Å². The fourth-order valence-corrected chi connectivity index (χ4v) is 3.52. The lowest BCUT2D eigenvalue weighted by molar-refractivity contribution is 0.205. The smallest absolute Gasteiger partial charge is 0.402 e. The lowest BCUT2D eigenvalue weighted by atomic mass is 10.2. The molecule has 3 aromatic heterocycles. The maximum Gasteiger partial charge on any atom is 0.402 e. The van der Waals surface area contributed by atoms with Crippen molar-refractivity contribution < 1.29 is 14.3 Å². The summed E-state index contributed by atoms with van der Waals surface area (Å²) >= 11 is 0. The number of primary amides is 1. The summed E-state index contributed by atoms with van der Waals surface area (Å²) in [5.41, 5.74) is 7.18. The van der Waals surface area contributed by atoms with Crippen LogP contribution in [0.25, 0.3) is 27.8 Å². The Balaban J connectivity index is 0.000000472. The summed E-state index contributed by atoms with van der Waals surface area (Å²) in [6, 6.07) is 8.42. The Morgan fingerprint density at radius 1 is 1.31 bits per heavy atom. The minimum Gasteiger partial charge on any atom is -0.465 e. The number of anilines is 1. The van der Waals surface area contributed by atoms with E-state index in [-0.39, 0.29) is 0 Å². The van der Waals surface area contributed by atoms with Gasteiger partial charge in [-0.25, -0.2) is 9.78 Å². The van der Waals surface area contributed by atoms with E-state index in [4.69, 9.17) is 14.3 Å². The normalized spacial score (nSPS) is 14.1. The van der Waals surface area contributed by atoms with Gasteiger partial charge < -0.3 is 20.6 Å². The third-order valence-electron chi connectivity index (χ3n) is 4.75. The zero-order valence-corrected chi connectivity index (χ0v) is 15.9. The summed E-state index contributed by atoms with van der Waals surface area (Å²) in [6.07, 6.45) is 5.28. The standard InChI is InChI=1S/C18H18N6O.CH3NO2/c1-11-8-12-9-14(6-7-16(12)25-11)24-17-15(22-23-24)10-19-18(21-17)20-13-4-2-3-5-13;2-1(3)4/h6-10,13H,2-5H2,1H3,(H,19,20,21);2H2,(H,3,4). The molecule has 29 heavy (non-hydrogen) atoms. The van der Waals surface area contributed by atoms with E-state index in [1.807, 2.05) is 31.2 Å². The van der Waals surface area contributed by atoms with E-state index in [0.717, 1.165) is 22.4 Å². The Morgan fingerprint density at radius 3 is 2.83 bits per heavy atom. The monoisotopic (exact) mass is 395 g/mol. The zero-order valence-electron chi connectivity index (χ0n) is 15.9. The van der Waals surface area contributed by atoms with E-state index in [1.165, 1.54) is 25.7 Å². The van der Waals surface area contributed by atoms with Crippen molar-refractivity contribution in [2.24, 2.45) is 5.73 Å². The van der Waals surface area contributed by atoms with Gasteiger partial charge in [0.05, 0.1) is 11.9 Å². The van der Waals surface area contributed by atoms with Crippen LogP contribution in [0.15, 0.2) is 34.9 Å². The molecular weight excluding hydrogens is 374 g/mol. The third kappa shape index (κ3) is 4.10. The number of aryl methyl sites for hydroxylation is 1. The molecule has 1 aromatic carbocycles. The number of nitrogens with zero attached hydrogens (tertiary/aromatic N) is 5. The van der Waals surface area contributed by atoms with Gasteiger partial charge in [-0.05, 0) is 44.0 Å². The number of aromatic nitrogens is 5. The van der Waals surface area contributed by atoms with Crippen molar-refractivity contribution in [3.05, 3.63) is 36.2 Å². The average molecular weight is 395 g/mol. The van der Waals surface area contributed by atoms with E-state index in [0.29, 0.717) is 23.2 Å². The summed E-state index contributed by atoms with van der Waals surface area (Å²) in [7, 11) is 0. The molecule has 1 fully saturated rings. The molecular formula is C19H21N7O3. The number of rotatable bonds is 3. The number of fused-ring (bicyclic) bond motifs is 2. The van der Waals surface area contributed by atoms with Gasteiger partial charge in [0.25, 0.3) is 0 Å². The maximum absolute atomic E-state index is 8.78. The van der Waals surface area contributed by atoms with E-state index in [2.05, 4.69) is 31.3 Å². The number of carbonyl (C=O) groups is 1. The van der Waals surface area contributed by atoms with Crippen LogP contribution in [0, 0.1) is 6.92 Å². The highest BCUT2D eigenvalue weighted by atomic mass is 16.4. The van der Waals surface area contributed by atoms with Gasteiger partial charge >= 0.3 is 6.09 Å². The van der Waals surface area contributed by atoms with Gasteiger partial charge in [0.2, 0.25) is 5.95 Å². The predicted octanol–water partition coefficient (Wildman–Crippen LogP) is 3.24. The molecule has 0 aliphatic heterocycles. The largest absolute Gasteiger partial charge is 0.465 e. The van der Waals surface area contributed by atoms with Crippen LogP contribution in [-0.2, 0) is 0 Å². The zero-order chi connectivity index (χ0) is 20.4. The molecule has 1 saturated carbocycles. The molecule has 4 N–H and O–H groups in total. The minimum atomic E-state index is -1.33. The summed E-state index contributed by atoms with van der Waals surface area (Å²) in [4.78, 5) is 17.8. The molecule has 150 valence electrons. The summed E-state index contributed by atoms with van der Waals surface area (Å²) in [5.74, 6) is 1.53. The fourth-order valence-electron chi connectivity index (χ4n) is 3.52. The SMILES string of the molecule is Cc1cc2cc(-n3nnc4cnc(NC5CCCC5)nc43)ccc2o1.NC(=O)O. The highest BCUT2D eigenvalue weighted by Crippen LogP contribution is 2.24. The van der Waals surface area contributed by atoms with Crippen LogP contribution in [0.2, 0.25) is 0 Å².